The standard InChI is InChI=1S/C9H10.C5H14N/c1-8(2)9-6-4-3-5-7-9;1-5-6(2,3)4/h3-7H,1H2,2H3;5H2,1-4H3/q;+1. The van der Waals surface area contributed by atoms with Crippen LogP contribution in [0.25, 0.3) is 5.57 Å². The van der Waals surface area contributed by atoms with Crippen molar-refractivity contribution in [2.45, 2.75) is 13.8 Å². The molecule has 0 aliphatic heterocycles. The molecule has 0 saturated carbocycles. The van der Waals surface area contributed by atoms with Gasteiger partial charge in [0.05, 0.1) is 27.7 Å². The zero-order valence-corrected chi connectivity index (χ0v) is 10.7. The Morgan fingerprint density at radius 3 is 1.73 bits per heavy atom. The Kier molecular flexibility index (Phi) is 5.95. The molecule has 0 aliphatic rings. The van der Waals surface area contributed by atoms with Crippen LogP contribution in [0.1, 0.15) is 19.4 Å². The zero-order valence-electron chi connectivity index (χ0n) is 10.7. The maximum absolute atomic E-state index is 3.83. The van der Waals surface area contributed by atoms with Crippen molar-refractivity contribution in [2.75, 3.05) is 27.7 Å². The van der Waals surface area contributed by atoms with E-state index in [-0.39, 0.29) is 0 Å². The van der Waals surface area contributed by atoms with Gasteiger partial charge in [-0.25, -0.2) is 0 Å². The largest absolute Gasteiger partial charge is 0.331 e. The Bertz CT molecular complexity index is 280. The van der Waals surface area contributed by atoms with Gasteiger partial charge >= 0.3 is 0 Å². The average Bonchev–Trinajstić information content (AvgIpc) is 2.19. The molecule has 15 heavy (non-hydrogen) atoms. The summed E-state index contributed by atoms with van der Waals surface area (Å²) in [5.41, 5.74) is 2.34. The second-order valence-corrected chi connectivity index (χ2v) is 4.75. The van der Waals surface area contributed by atoms with Gasteiger partial charge in [-0.05, 0) is 19.4 Å². The summed E-state index contributed by atoms with van der Waals surface area (Å²) in [5, 5.41) is 0. The molecule has 1 aromatic carbocycles. The van der Waals surface area contributed by atoms with Crippen molar-refractivity contribution in [3.05, 3.63) is 42.5 Å². The SMILES string of the molecule is C=C(C)c1ccccc1.CC[N+](C)(C)C. The van der Waals surface area contributed by atoms with Gasteiger partial charge in [-0.1, -0.05) is 42.5 Å². The number of hydrogen-bond acceptors (Lipinski definition) is 0. The molecule has 0 fully saturated rings. The summed E-state index contributed by atoms with van der Waals surface area (Å²) in [6.07, 6.45) is 0. The third-order valence-electron chi connectivity index (χ3n) is 2.22. The molecule has 0 N–H and O–H groups in total. The topological polar surface area (TPSA) is 0 Å². The van der Waals surface area contributed by atoms with Crippen LogP contribution >= 0.6 is 0 Å². The molecule has 1 rings (SSSR count). The molecule has 0 heterocycles. The predicted octanol–water partition coefficient (Wildman–Crippen LogP) is 3.43. The fourth-order valence-corrected chi connectivity index (χ4v) is 0.723. The van der Waals surface area contributed by atoms with Crippen LogP contribution in [0.4, 0.5) is 0 Å². The second kappa shape index (κ2) is 6.41. The minimum Gasteiger partial charge on any atom is -0.331 e. The zero-order chi connectivity index (χ0) is 11.9. The molecule has 0 aliphatic carbocycles. The molecule has 0 radical (unpaired) electrons. The molecule has 0 unspecified atom stereocenters. The van der Waals surface area contributed by atoms with E-state index in [0.717, 1.165) is 10.1 Å². The Hall–Kier alpha value is -1.08. The Balaban J connectivity index is 0.000000288. The minimum absolute atomic E-state index is 1.07. The van der Waals surface area contributed by atoms with Crippen LogP contribution in [0.5, 0.6) is 0 Å². The van der Waals surface area contributed by atoms with E-state index < -0.39 is 0 Å². The highest BCUT2D eigenvalue weighted by molar-refractivity contribution is 5.60. The quantitative estimate of drug-likeness (QED) is 0.650. The summed E-state index contributed by atoms with van der Waals surface area (Å²) in [6.45, 7) is 9.22. The van der Waals surface area contributed by atoms with Gasteiger partial charge in [0.25, 0.3) is 0 Å². The third kappa shape index (κ3) is 7.95. The lowest BCUT2D eigenvalue weighted by atomic mass is 10.1. The van der Waals surface area contributed by atoms with Crippen molar-refractivity contribution >= 4 is 5.57 Å². The van der Waals surface area contributed by atoms with Crippen molar-refractivity contribution in [3.63, 3.8) is 0 Å². The van der Waals surface area contributed by atoms with Gasteiger partial charge in [-0.2, -0.15) is 0 Å². The monoisotopic (exact) mass is 206 g/mol. The lowest BCUT2D eigenvalue weighted by molar-refractivity contribution is -0.868. The van der Waals surface area contributed by atoms with Crippen molar-refractivity contribution < 1.29 is 4.48 Å². The molecular weight excluding hydrogens is 182 g/mol. The summed E-state index contributed by atoms with van der Waals surface area (Å²) >= 11 is 0. The first-order chi connectivity index (χ1) is 6.87. The maximum atomic E-state index is 3.83. The van der Waals surface area contributed by atoms with Crippen molar-refractivity contribution in [1.29, 1.82) is 0 Å². The Labute approximate surface area is 94.6 Å². The first-order valence-electron chi connectivity index (χ1n) is 5.38. The van der Waals surface area contributed by atoms with Crippen LogP contribution in [0.15, 0.2) is 36.9 Å². The minimum atomic E-state index is 1.07. The van der Waals surface area contributed by atoms with E-state index in [2.05, 4.69) is 46.8 Å². The molecule has 84 valence electrons. The second-order valence-electron chi connectivity index (χ2n) is 4.75. The number of nitrogens with zero attached hydrogens (tertiary/aromatic N) is 1. The molecule has 0 atom stereocenters. The number of benzene rings is 1. The van der Waals surface area contributed by atoms with Gasteiger partial charge in [0.2, 0.25) is 0 Å². The fraction of sp³-hybridized carbons (Fsp3) is 0.429. The van der Waals surface area contributed by atoms with Gasteiger partial charge in [0.15, 0.2) is 0 Å². The van der Waals surface area contributed by atoms with E-state index in [1.807, 2.05) is 25.1 Å². The van der Waals surface area contributed by atoms with E-state index >= 15 is 0 Å². The number of hydrogen-bond donors (Lipinski definition) is 0. The summed E-state index contributed by atoms with van der Waals surface area (Å²) in [7, 11) is 6.54. The summed E-state index contributed by atoms with van der Waals surface area (Å²) in [5.74, 6) is 0. The first-order valence-corrected chi connectivity index (χ1v) is 5.38. The molecule has 1 aromatic rings. The van der Waals surface area contributed by atoms with E-state index in [0.29, 0.717) is 0 Å². The summed E-state index contributed by atoms with van der Waals surface area (Å²) in [4.78, 5) is 0. The van der Waals surface area contributed by atoms with Gasteiger partial charge < -0.3 is 4.48 Å². The lowest BCUT2D eigenvalue weighted by Gasteiger charge is -2.20. The van der Waals surface area contributed by atoms with Crippen LogP contribution < -0.4 is 0 Å². The van der Waals surface area contributed by atoms with E-state index in [1.165, 1.54) is 12.1 Å². The van der Waals surface area contributed by atoms with Crippen molar-refractivity contribution in [3.8, 4) is 0 Å². The highest BCUT2D eigenvalue weighted by Gasteiger charge is 1.97. The molecule has 0 bridgehead atoms. The Morgan fingerprint density at radius 2 is 1.53 bits per heavy atom. The van der Waals surface area contributed by atoms with Crippen LogP contribution in [0.2, 0.25) is 0 Å². The van der Waals surface area contributed by atoms with Crippen LogP contribution in [0, 0.1) is 0 Å². The van der Waals surface area contributed by atoms with Crippen molar-refractivity contribution in [1.82, 2.24) is 0 Å². The smallest absolute Gasteiger partial charge is 0.0751 e. The molecule has 0 spiro atoms. The molecule has 0 saturated heterocycles. The fourth-order valence-electron chi connectivity index (χ4n) is 0.723. The van der Waals surface area contributed by atoms with E-state index in [1.54, 1.807) is 0 Å². The third-order valence-corrected chi connectivity index (χ3v) is 2.22. The van der Waals surface area contributed by atoms with Crippen LogP contribution in [0.3, 0.4) is 0 Å². The molecular formula is C14H24N+. The highest BCUT2D eigenvalue weighted by Crippen LogP contribution is 2.08. The molecule has 0 amide bonds. The highest BCUT2D eigenvalue weighted by atomic mass is 15.3. The normalized spacial score (nSPS) is 10.2. The molecule has 1 heteroatoms. The van der Waals surface area contributed by atoms with E-state index in [9.17, 15) is 0 Å². The maximum Gasteiger partial charge on any atom is 0.0751 e. The Morgan fingerprint density at radius 1 is 1.13 bits per heavy atom. The first kappa shape index (κ1) is 13.9. The van der Waals surface area contributed by atoms with Gasteiger partial charge in [0, 0.05) is 0 Å². The number of allylic oxidation sites excluding steroid dienone is 1. The number of rotatable bonds is 2. The molecule has 0 aromatic heterocycles. The lowest BCUT2D eigenvalue weighted by Crippen LogP contribution is -2.33. The van der Waals surface area contributed by atoms with Gasteiger partial charge in [-0.15, -0.1) is 0 Å². The molecule has 1 nitrogen and oxygen atoms in total. The van der Waals surface area contributed by atoms with Gasteiger partial charge in [0.1, 0.15) is 0 Å². The predicted molar refractivity (Wildman–Crippen MR) is 69.7 cm³/mol. The number of quaternary nitrogens is 1. The van der Waals surface area contributed by atoms with Crippen LogP contribution in [-0.4, -0.2) is 32.2 Å². The summed E-state index contributed by atoms with van der Waals surface area (Å²) in [6, 6.07) is 10.2. The van der Waals surface area contributed by atoms with Crippen molar-refractivity contribution in [2.24, 2.45) is 0 Å². The average molecular weight is 206 g/mol. The van der Waals surface area contributed by atoms with Gasteiger partial charge in [-0.3, -0.25) is 0 Å². The van der Waals surface area contributed by atoms with E-state index in [4.69, 9.17) is 0 Å². The summed E-state index contributed by atoms with van der Waals surface area (Å²) < 4.78 is 1.07. The van der Waals surface area contributed by atoms with Crippen LogP contribution in [-0.2, 0) is 0 Å².